The van der Waals surface area contributed by atoms with Crippen LogP contribution in [0.4, 0.5) is 4.39 Å². The average Bonchev–Trinajstić information content (AvgIpc) is 3.73. The van der Waals surface area contributed by atoms with Gasteiger partial charge in [-0.1, -0.05) is 31.2 Å². The van der Waals surface area contributed by atoms with Gasteiger partial charge in [0.2, 0.25) is 11.8 Å². The van der Waals surface area contributed by atoms with Crippen molar-refractivity contribution < 1.29 is 23.5 Å². The quantitative estimate of drug-likeness (QED) is 0.204. The predicted molar refractivity (Wildman–Crippen MR) is 156 cm³/mol. The SMILES string of the molecule is CCc1cccc(C2(NCCCCc3cc(F)cc(OCCCCNC(=O)CCC(COC)C(N)=O)c3)CC2)c1. The number of amides is 2. The molecule has 2 aromatic carbocycles. The molecule has 0 aromatic heterocycles. The van der Waals surface area contributed by atoms with Gasteiger partial charge in [-0.05, 0) is 93.2 Å². The monoisotopic (exact) mass is 555 g/mol. The van der Waals surface area contributed by atoms with E-state index in [1.807, 2.05) is 6.07 Å². The number of carbonyl (C=O) groups is 2. The minimum atomic E-state index is -0.458. The predicted octanol–water partition coefficient (Wildman–Crippen LogP) is 4.79. The molecule has 1 atom stereocenters. The van der Waals surface area contributed by atoms with Crippen molar-refractivity contribution in [3.63, 3.8) is 0 Å². The molecule has 2 amide bonds. The summed E-state index contributed by atoms with van der Waals surface area (Å²) in [7, 11) is 1.50. The van der Waals surface area contributed by atoms with Crippen LogP contribution in [-0.2, 0) is 32.7 Å². The molecule has 2 aromatic rings. The Bertz CT molecular complexity index is 1090. The van der Waals surface area contributed by atoms with Gasteiger partial charge in [-0.2, -0.15) is 0 Å². The minimum Gasteiger partial charge on any atom is -0.493 e. The van der Waals surface area contributed by atoms with E-state index >= 15 is 0 Å². The topological polar surface area (TPSA) is 103 Å². The number of halogens is 1. The van der Waals surface area contributed by atoms with Crippen molar-refractivity contribution in [2.75, 3.05) is 33.4 Å². The molecule has 4 N–H and O–H groups in total. The van der Waals surface area contributed by atoms with Gasteiger partial charge < -0.3 is 25.8 Å². The maximum absolute atomic E-state index is 14.2. The van der Waals surface area contributed by atoms with Crippen LogP contribution >= 0.6 is 0 Å². The Hall–Kier alpha value is -2.97. The molecule has 0 heterocycles. The third-order valence-electron chi connectivity index (χ3n) is 7.58. The Morgan fingerprint density at radius 1 is 1.05 bits per heavy atom. The summed E-state index contributed by atoms with van der Waals surface area (Å²) in [5.41, 5.74) is 9.19. The summed E-state index contributed by atoms with van der Waals surface area (Å²) in [5.74, 6) is -0.777. The number of rotatable bonds is 20. The first-order valence-corrected chi connectivity index (χ1v) is 14.7. The van der Waals surface area contributed by atoms with Crippen LogP contribution in [0.2, 0.25) is 0 Å². The second-order valence-electron chi connectivity index (χ2n) is 10.8. The number of carbonyl (C=O) groups excluding carboxylic acids is 2. The van der Waals surface area contributed by atoms with Crippen LogP contribution in [0.15, 0.2) is 42.5 Å². The lowest BCUT2D eigenvalue weighted by Crippen LogP contribution is -2.30. The fraction of sp³-hybridized carbons (Fsp3) is 0.562. The van der Waals surface area contributed by atoms with Crippen LogP contribution in [-0.4, -0.2) is 45.2 Å². The number of unbranched alkanes of at least 4 members (excludes halogenated alkanes) is 2. The van der Waals surface area contributed by atoms with Gasteiger partial charge in [0.1, 0.15) is 11.6 Å². The molecule has 1 fully saturated rings. The van der Waals surface area contributed by atoms with Crippen LogP contribution in [0.1, 0.15) is 75.0 Å². The van der Waals surface area contributed by atoms with E-state index in [9.17, 15) is 14.0 Å². The van der Waals surface area contributed by atoms with Crippen LogP contribution in [0.3, 0.4) is 0 Å². The summed E-state index contributed by atoms with van der Waals surface area (Å²) < 4.78 is 24.9. The standard InChI is InChI=1S/C32H46FN3O4/c1-3-24-10-8-11-27(19-24)32(14-15-32)36-17-5-4-9-25-20-28(33)22-29(21-25)40-18-7-6-16-35-30(37)13-12-26(23-39-2)31(34)38/h8,10-11,19-22,26,36H,3-7,9,12-18,23H2,1-2H3,(H2,34,38)(H,35,37). The fourth-order valence-electron chi connectivity index (χ4n) is 4.96. The van der Waals surface area contributed by atoms with Crippen LogP contribution < -0.4 is 21.1 Å². The van der Waals surface area contributed by atoms with Crippen molar-refractivity contribution in [1.29, 1.82) is 0 Å². The van der Waals surface area contributed by atoms with Crippen molar-refractivity contribution in [2.24, 2.45) is 11.7 Å². The van der Waals surface area contributed by atoms with E-state index in [0.717, 1.165) is 50.6 Å². The van der Waals surface area contributed by atoms with E-state index in [0.29, 0.717) is 25.3 Å². The van der Waals surface area contributed by atoms with Gasteiger partial charge in [0.15, 0.2) is 0 Å². The molecule has 1 aliphatic rings. The van der Waals surface area contributed by atoms with Crippen molar-refractivity contribution in [3.8, 4) is 5.75 Å². The number of hydrogen-bond acceptors (Lipinski definition) is 5. The molecule has 7 nitrogen and oxygen atoms in total. The number of primary amides is 1. The van der Waals surface area contributed by atoms with Gasteiger partial charge in [-0.25, -0.2) is 4.39 Å². The molecule has 0 radical (unpaired) electrons. The summed E-state index contributed by atoms with van der Waals surface area (Å²) in [6.45, 7) is 4.32. The molecule has 1 aliphatic carbocycles. The van der Waals surface area contributed by atoms with Crippen LogP contribution in [0.5, 0.6) is 5.75 Å². The van der Waals surface area contributed by atoms with Gasteiger partial charge >= 0.3 is 0 Å². The molecule has 40 heavy (non-hydrogen) atoms. The van der Waals surface area contributed by atoms with Crippen molar-refractivity contribution in [2.45, 2.75) is 76.7 Å². The number of nitrogens with one attached hydrogen (secondary N) is 2. The largest absolute Gasteiger partial charge is 0.493 e. The second-order valence-corrected chi connectivity index (χ2v) is 10.8. The molecule has 0 spiro atoms. The Morgan fingerprint density at radius 2 is 1.85 bits per heavy atom. The van der Waals surface area contributed by atoms with Crippen molar-refractivity contribution >= 4 is 11.8 Å². The summed E-state index contributed by atoms with van der Waals surface area (Å²) in [6, 6.07) is 13.8. The maximum Gasteiger partial charge on any atom is 0.222 e. The third kappa shape index (κ3) is 10.5. The number of hydrogen-bond donors (Lipinski definition) is 3. The lowest BCUT2D eigenvalue weighted by molar-refractivity contribution is -0.124. The zero-order valence-electron chi connectivity index (χ0n) is 24.1. The molecule has 220 valence electrons. The maximum atomic E-state index is 14.2. The third-order valence-corrected chi connectivity index (χ3v) is 7.58. The first-order valence-electron chi connectivity index (χ1n) is 14.7. The molecule has 0 saturated heterocycles. The molecule has 3 rings (SSSR count). The molecule has 1 saturated carbocycles. The number of aryl methyl sites for hydroxylation is 2. The number of benzene rings is 2. The smallest absolute Gasteiger partial charge is 0.222 e. The molecule has 8 heteroatoms. The summed E-state index contributed by atoms with van der Waals surface area (Å²) in [6.07, 6.45) is 8.30. The average molecular weight is 556 g/mol. The lowest BCUT2D eigenvalue weighted by Gasteiger charge is -2.19. The van der Waals surface area contributed by atoms with E-state index < -0.39 is 11.8 Å². The highest BCUT2D eigenvalue weighted by atomic mass is 19.1. The number of nitrogens with two attached hydrogens (primary N) is 1. The first-order chi connectivity index (χ1) is 19.3. The second kappa shape index (κ2) is 16.3. The highest BCUT2D eigenvalue weighted by molar-refractivity contribution is 5.79. The number of ether oxygens (including phenoxy) is 2. The Kier molecular flexibility index (Phi) is 12.9. The van der Waals surface area contributed by atoms with Crippen LogP contribution in [0.25, 0.3) is 0 Å². The Labute approximate surface area is 238 Å². The zero-order chi connectivity index (χ0) is 28.8. The van der Waals surface area contributed by atoms with Crippen molar-refractivity contribution in [3.05, 3.63) is 65.0 Å². The first kappa shape index (κ1) is 31.6. The Morgan fingerprint density at radius 3 is 2.58 bits per heavy atom. The molecule has 1 unspecified atom stereocenters. The minimum absolute atomic E-state index is 0.119. The van der Waals surface area contributed by atoms with Crippen molar-refractivity contribution in [1.82, 2.24) is 10.6 Å². The highest BCUT2D eigenvalue weighted by Gasteiger charge is 2.43. The van der Waals surface area contributed by atoms with Crippen LogP contribution in [0, 0.1) is 11.7 Å². The Balaban J connectivity index is 1.29. The van der Waals surface area contributed by atoms with E-state index in [1.54, 1.807) is 6.07 Å². The summed E-state index contributed by atoms with van der Waals surface area (Å²) in [5, 5.41) is 6.62. The summed E-state index contributed by atoms with van der Waals surface area (Å²) >= 11 is 0. The van der Waals surface area contributed by atoms with Gasteiger partial charge in [0.25, 0.3) is 0 Å². The molecular weight excluding hydrogens is 509 g/mol. The van der Waals surface area contributed by atoms with E-state index in [4.69, 9.17) is 15.2 Å². The van der Waals surface area contributed by atoms with Gasteiger partial charge in [-0.3, -0.25) is 9.59 Å². The molecule has 0 aliphatic heterocycles. The number of methoxy groups -OCH3 is 1. The normalized spacial score (nSPS) is 14.5. The van der Waals surface area contributed by atoms with E-state index in [1.165, 1.54) is 37.1 Å². The highest BCUT2D eigenvalue weighted by Crippen LogP contribution is 2.45. The molecular formula is C32H46FN3O4. The van der Waals surface area contributed by atoms with E-state index in [2.05, 4.69) is 41.8 Å². The lowest BCUT2D eigenvalue weighted by atomic mass is 10.0. The summed E-state index contributed by atoms with van der Waals surface area (Å²) in [4.78, 5) is 23.3. The van der Waals surface area contributed by atoms with Gasteiger partial charge in [0.05, 0.1) is 19.1 Å². The molecule has 0 bridgehead atoms. The van der Waals surface area contributed by atoms with Gasteiger partial charge in [0, 0.05) is 31.7 Å². The zero-order valence-corrected chi connectivity index (χ0v) is 24.1. The fourth-order valence-corrected chi connectivity index (χ4v) is 4.96. The van der Waals surface area contributed by atoms with E-state index in [-0.39, 0.29) is 30.3 Å². The van der Waals surface area contributed by atoms with Gasteiger partial charge in [-0.15, -0.1) is 0 Å².